The molecule has 17 heavy (non-hydrogen) atoms. The average molecular weight is 229 g/mol. The number of nitrogens with one attached hydrogen (secondary N) is 1. The van der Waals surface area contributed by atoms with Crippen LogP contribution in [-0.4, -0.2) is 12.6 Å². The summed E-state index contributed by atoms with van der Waals surface area (Å²) < 4.78 is 0. The highest BCUT2D eigenvalue weighted by atomic mass is 15.0. The van der Waals surface area contributed by atoms with Crippen LogP contribution in [0.5, 0.6) is 0 Å². The molecule has 1 aromatic rings. The molecule has 1 nitrogen and oxygen atoms in total. The lowest BCUT2D eigenvalue weighted by molar-refractivity contribution is 0.0779. The molecule has 0 amide bonds. The maximum absolute atomic E-state index is 3.69. The molecule has 1 N–H and O–H groups in total. The van der Waals surface area contributed by atoms with Gasteiger partial charge in [0.1, 0.15) is 0 Å². The van der Waals surface area contributed by atoms with Crippen molar-refractivity contribution in [2.75, 3.05) is 6.54 Å². The van der Waals surface area contributed by atoms with Crippen molar-refractivity contribution in [3.63, 3.8) is 0 Å². The third-order valence-corrected chi connectivity index (χ3v) is 4.89. The summed E-state index contributed by atoms with van der Waals surface area (Å²) in [6, 6.07) is 9.89. The van der Waals surface area contributed by atoms with Crippen LogP contribution in [0.4, 0.5) is 0 Å². The summed E-state index contributed by atoms with van der Waals surface area (Å²) in [6.45, 7) is 5.77. The summed E-state index contributed by atoms with van der Waals surface area (Å²) in [5, 5.41) is 3.69. The van der Waals surface area contributed by atoms with Crippen molar-refractivity contribution < 1.29 is 0 Å². The molecule has 1 fully saturated rings. The molecule has 92 valence electrons. The first-order valence-electron chi connectivity index (χ1n) is 7.14. The molecule has 0 aromatic heterocycles. The van der Waals surface area contributed by atoms with Crippen LogP contribution in [0.25, 0.3) is 0 Å². The van der Waals surface area contributed by atoms with Crippen LogP contribution in [0.3, 0.4) is 0 Å². The number of rotatable bonds is 2. The lowest BCUT2D eigenvalue weighted by Crippen LogP contribution is -2.55. The molecule has 2 aliphatic rings. The molecule has 0 aliphatic heterocycles. The Labute approximate surface area is 105 Å². The Morgan fingerprint density at radius 2 is 2.12 bits per heavy atom. The van der Waals surface area contributed by atoms with E-state index in [9.17, 15) is 0 Å². The van der Waals surface area contributed by atoms with E-state index < -0.39 is 0 Å². The quantitative estimate of drug-likeness (QED) is 0.820. The first-order valence-corrected chi connectivity index (χ1v) is 7.14. The third-order valence-electron chi connectivity index (χ3n) is 4.89. The van der Waals surface area contributed by atoms with Crippen LogP contribution in [-0.2, 0) is 6.42 Å². The molecule has 2 aliphatic carbocycles. The minimum Gasteiger partial charge on any atom is -0.314 e. The molecule has 1 aromatic carbocycles. The van der Waals surface area contributed by atoms with Gasteiger partial charge in [0.25, 0.3) is 0 Å². The lowest BCUT2D eigenvalue weighted by atomic mass is 9.58. The van der Waals surface area contributed by atoms with Gasteiger partial charge in [-0.2, -0.15) is 0 Å². The predicted molar refractivity (Wildman–Crippen MR) is 72.2 cm³/mol. The topological polar surface area (TPSA) is 12.0 Å². The number of hydrogen-bond acceptors (Lipinski definition) is 1. The number of benzene rings is 1. The van der Waals surface area contributed by atoms with Gasteiger partial charge in [-0.25, -0.2) is 0 Å². The minimum absolute atomic E-state index is 0.760. The lowest BCUT2D eigenvalue weighted by Gasteiger charge is -2.51. The zero-order valence-electron chi connectivity index (χ0n) is 10.9. The minimum atomic E-state index is 0.760. The molecule has 0 saturated heterocycles. The van der Waals surface area contributed by atoms with Gasteiger partial charge in [0.15, 0.2) is 0 Å². The summed E-state index contributed by atoms with van der Waals surface area (Å²) in [5.41, 5.74) is 3.26. The van der Waals surface area contributed by atoms with Gasteiger partial charge in [-0.1, -0.05) is 38.1 Å². The normalized spacial score (nSPS) is 35.4. The van der Waals surface area contributed by atoms with Crippen molar-refractivity contribution in [3.8, 4) is 0 Å². The van der Waals surface area contributed by atoms with Gasteiger partial charge in [-0.3, -0.25) is 0 Å². The molecule has 1 saturated carbocycles. The number of hydrogen-bond donors (Lipinski definition) is 1. The fraction of sp³-hybridized carbons (Fsp3) is 0.625. The zero-order valence-corrected chi connectivity index (χ0v) is 10.9. The highest BCUT2D eigenvalue weighted by molar-refractivity contribution is 5.36. The Morgan fingerprint density at radius 1 is 1.29 bits per heavy atom. The van der Waals surface area contributed by atoms with Gasteiger partial charge in [-0.15, -0.1) is 0 Å². The summed E-state index contributed by atoms with van der Waals surface area (Å²) in [6.07, 6.45) is 4.06. The zero-order chi connectivity index (χ0) is 11.8. The van der Waals surface area contributed by atoms with Crippen molar-refractivity contribution in [3.05, 3.63) is 35.4 Å². The standard InChI is InChI=1S/C16H23N/c1-3-17-16-11(2)15-13-9-5-4-7-12(13)8-6-10-14(15)16/h4-5,7,9,11,14-17H,3,6,8,10H2,1-2H3. The molecular formula is C16H23N. The number of fused-ring (bicyclic) bond motifs is 3. The molecule has 3 rings (SSSR count). The third kappa shape index (κ3) is 1.72. The van der Waals surface area contributed by atoms with E-state index in [0.29, 0.717) is 0 Å². The first kappa shape index (κ1) is 11.3. The molecular weight excluding hydrogens is 206 g/mol. The van der Waals surface area contributed by atoms with Crippen LogP contribution < -0.4 is 5.32 Å². The van der Waals surface area contributed by atoms with Crippen LogP contribution in [0.1, 0.15) is 43.7 Å². The Kier molecular flexibility index (Phi) is 2.96. The second kappa shape index (κ2) is 4.45. The largest absolute Gasteiger partial charge is 0.314 e. The second-order valence-corrected chi connectivity index (χ2v) is 5.72. The molecule has 0 bridgehead atoms. The molecule has 0 radical (unpaired) electrons. The van der Waals surface area contributed by atoms with E-state index in [2.05, 4.69) is 43.4 Å². The smallest absolute Gasteiger partial charge is 0.0133 e. The highest BCUT2D eigenvalue weighted by Crippen LogP contribution is 2.52. The fourth-order valence-corrected chi connectivity index (χ4v) is 4.14. The Balaban J connectivity index is 1.90. The Hall–Kier alpha value is -0.820. The van der Waals surface area contributed by atoms with E-state index in [-0.39, 0.29) is 0 Å². The van der Waals surface area contributed by atoms with Gasteiger partial charge < -0.3 is 5.32 Å². The predicted octanol–water partition coefficient (Wildman–Crippen LogP) is 3.35. The van der Waals surface area contributed by atoms with Gasteiger partial charge in [0.05, 0.1) is 0 Å². The summed E-state index contributed by atoms with van der Waals surface area (Å²) in [7, 11) is 0. The van der Waals surface area contributed by atoms with Crippen molar-refractivity contribution in [2.24, 2.45) is 11.8 Å². The van der Waals surface area contributed by atoms with Crippen LogP contribution in [0.2, 0.25) is 0 Å². The van der Waals surface area contributed by atoms with Crippen LogP contribution in [0, 0.1) is 11.8 Å². The average Bonchev–Trinajstić information content (AvgIpc) is 2.52. The Morgan fingerprint density at radius 3 is 2.94 bits per heavy atom. The Bertz CT molecular complexity index is 398. The van der Waals surface area contributed by atoms with Gasteiger partial charge in [-0.05, 0) is 54.7 Å². The highest BCUT2D eigenvalue weighted by Gasteiger charge is 2.48. The summed E-state index contributed by atoms with van der Waals surface area (Å²) >= 11 is 0. The molecule has 1 heteroatoms. The van der Waals surface area contributed by atoms with Crippen LogP contribution >= 0.6 is 0 Å². The van der Waals surface area contributed by atoms with E-state index in [1.807, 2.05) is 0 Å². The van der Waals surface area contributed by atoms with Crippen molar-refractivity contribution >= 4 is 0 Å². The van der Waals surface area contributed by atoms with Gasteiger partial charge in [0, 0.05) is 6.04 Å². The van der Waals surface area contributed by atoms with E-state index in [4.69, 9.17) is 0 Å². The summed E-state index contributed by atoms with van der Waals surface area (Å²) in [4.78, 5) is 0. The molecule has 0 heterocycles. The van der Waals surface area contributed by atoms with Crippen molar-refractivity contribution in [1.82, 2.24) is 5.32 Å². The molecule has 4 atom stereocenters. The fourth-order valence-electron chi connectivity index (χ4n) is 4.14. The SMILES string of the molecule is CCNC1C(C)C2c3ccccc3CCCC12. The van der Waals surface area contributed by atoms with E-state index in [1.165, 1.54) is 19.3 Å². The summed E-state index contributed by atoms with van der Waals surface area (Å²) in [5.74, 6) is 2.51. The van der Waals surface area contributed by atoms with Crippen molar-refractivity contribution in [1.29, 1.82) is 0 Å². The van der Waals surface area contributed by atoms with E-state index in [1.54, 1.807) is 11.1 Å². The van der Waals surface area contributed by atoms with E-state index in [0.717, 1.165) is 30.3 Å². The van der Waals surface area contributed by atoms with Gasteiger partial charge >= 0.3 is 0 Å². The molecule has 4 unspecified atom stereocenters. The van der Waals surface area contributed by atoms with Gasteiger partial charge in [0.2, 0.25) is 0 Å². The maximum atomic E-state index is 3.69. The maximum Gasteiger partial charge on any atom is 0.0133 e. The number of aryl methyl sites for hydroxylation is 1. The van der Waals surface area contributed by atoms with E-state index >= 15 is 0 Å². The van der Waals surface area contributed by atoms with Crippen LogP contribution in [0.15, 0.2) is 24.3 Å². The van der Waals surface area contributed by atoms with Crippen molar-refractivity contribution in [2.45, 2.75) is 45.1 Å². The second-order valence-electron chi connectivity index (χ2n) is 5.72. The first-order chi connectivity index (χ1) is 8.33. The molecule has 0 spiro atoms. The monoisotopic (exact) mass is 229 g/mol.